The lowest BCUT2D eigenvalue weighted by molar-refractivity contribution is -0.116. The first kappa shape index (κ1) is 19.7. The molecule has 3 aromatic rings. The summed E-state index contributed by atoms with van der Waals surface area (Å²) in [6, 6.07) is 15.7. The molecule has 0 radical (unpaired) electrons. The lowest BCUT2D eigenvalue weighted by Crippen LogP contribution is -2.27. The maximum atomic E-state index is 12.1. The number of benzene rings is 2. The topological polar surface area (TPSA) is 115 Å². The predicted molar refractivity (Wildman–Crippen MR) is 105 cm³/mol. The van der Waals surface area contributed by atoms with Gasteiger partial charge in [0, 0.05) is 24.2 Å². The summed E-state index contributed by atoms with van der Waals surface area (Å²) in [6.45, 7) is 0.229. The molecule has 0 saturated heterocycles. The molecule has 0 aliphatic carbocycles. The summed E-state index contributed by atoms with van der Waals surface area (Å²) >= 11 is 0. The van der Waals surface area contributed by atoms with Gasteiger partial charge in [0.25, 0.3) is 5.91 Å². The second kappa shape index (κ2) is 9.27. The van der Waals surface area contributed by atoms with Crippen molar-refractivity contribution in [3.8, 4) is 5.69 Å². The fourth-order valence-electron chi connectivity index (χ4n) is 2.49. The van der Waals surface area contributed by atoms with Crippen molar-refractivity contribution in [2.75, 3.05) is 19.0 Å². The van der Waals surface area contributed by atoms with Crippen LogP contribution in [0.4, 0.5) is 5.69 Å². The van der Waals surface area contributed by atoms with Gasteiger partial charge in [-0.3, -0.25) is 9.59 Å². The highest BCUT2D eigenvalue weighted by Gasteiger charge is 2.11. The van der Waals surface area contributed by atoms with Crippen LogP contribution >= 0.6 is 0 Å². The molecule has 2 amide bonds. The number of anilines is 1. The molecule has 0 bridgehead atoms. The van der Waals surface area contributed by atoms with Gasteiger partial charge in [0.05, 0.1) is 19.0 Å². The van der Waals surface area contributed by atoms with E-state index in [9.17, 15) is 14.4 Å². The Hall–Kier alpha value is -4.01. The summed E-state index contributed by atoms with van der Waals surface area (Å²) in [4.78, 5) is 35.4. The van der Waals surface area contributed by atoms with Crippen molar-refractivity contribution in [1.29, 1.82) is 0 Å². The highest BCUT2D eigenvalue weighted by atomic mass is 16.5. The number of methoxy groups -OCH3 is 1. The molecule has 1 aromatic heterocycles. The van der Waals surface area contributed by atoms with Crippen LogP contribution in [0.1, 0.15) is 27.3 Å². The second-order valence-electron chi connectivity index (χ2n) is 6.01. The van der Waals surface area contributed by atoms with Gasteiger partial charge in [-0.1, -0.05) is 23.4 Å². The van der Waals surface area contributed by atoms with Crippen molar-refractivity contribution in [3.05, 3.63) is 72.1 Å². The third-order valence-electron chi connectivity index (χ3n) is 3.98. The molecule has 3 rings (SSSR count). The van der Waals surface area contributed by atoms with E-state index in [0.29, 0.717) is 16.9 Å². The number of ether oxygens (including phenoxy) is 1. The van der Waals surface area contributed by atoms with Crippen molar-refractivity contribution < 1.29 is 19.1 Å². The molecule has 0 fully saturated rings. The van der Waals surface area contributed by atoms with Gasteiger partial charge in [-0.05, 0) is 36.4 Å². The van der Waals surface area contributed by atoms with E-state index in [-0.39, 0.29) is 30.5 Å². The molecule has 0 saturated carbocycles. The van der Waals surface area contributed by atoms with Gasteiger partial charge in [0.15, 0.2) is 5.69 Å². The van der Waals surface area contributed by atoms with Crippen LogP contribution in [0.15, 0.2) is 60.8 Å². The molecule has 0 aliphatic heterocycles. The molecular formula is C20H19N5O4. The Balaban J connectivity index is 1.49. The standard InChI is InChI=1S/C20H19N5O4/c1-29-20(28)17-13-25(24-23-17)16-9-7-15(8-10-16)22-18(26)11-12-21-19(27)14-5-3-2-4-6-14/h2-10,13H,11-12H2,1H3,(H,21,27)(H,22,26). The van der Waals surface area contributed by atoms with E-state index in [1.54, 1.807) is 48.5 Å². The molecule has 29 heavy (non-hydrogen) atoms. The third kappa shape index (κ3) is 5.25. The van der Waals surface area contributed by atoms with Gasteiger partial charge in [-0.15, -0.1) is 5.10 Å². The molecule has 1 heterocycles. The zero-order chi connectivity index (χ0) is 20.6. The number of carbonyl (C=O) groups excluding carboxylic acids is 3. The van der Waals surface area contributed by atoms with Crippen LogP contribution in [-0.4, -0.2) is 46.4 Å². The molecule has 9 heteroatoms. The zero-order valence-electron chi connectivity index (χ0n) is 15.7. The van der Waals surface area contributed by atoms with Gasteiger partial charge < -0.3 is 15.4 Å². The fraction of sp³-hybridized carbons (Fsp3) is 0.150. The number of hydrogen-bond donors (Lipinski definition) is 2. The highest BCUT2D eigenvalue weighted by Crippen LogP contribution is 2.13. The lowest BCUT2D eigenvalue weighted by Gasteiger charge is -2.08. The number of aromatic nitrogens is 3. The molecule has 0 unspecified atom stereocenters. The molecule has 2 N–H and O–H groups in total. The normalized spacial score (nSPS) is 10.2. The predicted octanol–water partition coefficient (Wildman–Crippen LogP) is 1.81. The van der Waals surface area contributed by atoms with E-state index in [1.807, 2.05) is 6.07 Å². The van der Waals surface area contributed by atoms with Gasteiger partial charge in [0.2, 0.25) is 5.91 Å². The van der Waals surface area contributed by atoms with Crippen molar-refractivity contribution in [1.82, 2.24) is 20.3 Å². The van der Waals surface area contributed by atoms with Crippen molar-refractivity contribution in [3.63, 3.8) is 0 Å². The van der Waals surface area contributed by atoms with E-state index in [0.717, 1.165) is 0 Å². The number of nitrogens with zero attached hydrogens (tertiary/aromatic N) is 3. The molecule has 9 nitrogen and oxygen atoms in total. The minimum absolute atomic E-state index is 0.0995. The summed E-state index contributed by atoms with van der Waals surface area (Å²) in [7, 11) is 1.27. The van der Waals surface area contributed by atoms with E-state index >= 15 is 0 Å². The van der Waals surface area contributed by atoms with Gasteiger partial charge in [0.1, 0.15) is 0 Å². The average Bonchev–Trinajstić information content (AvgIpc) is 3.24. The first-order chi connectivity index (χ1) is 14.1. The highest BCUT2D eigenvalue weighted by molar-refractivity contribution is 5.95. The molecule has 2 aromatic carbocycles. The Morgan fingerprint density at radius 3 is 2.45 bits per heavy atom. The molecular weight excluding hydrogens is 374 g/mol. The summed E-state index contributed by atoms with van der Waals surface area (Å²) in [5.41, 5.74) is 1.91. The number of rotatable bonds is 7. The first-order valence-corrected chi connectivity index (χ1v) is 8.81. The number of esters is 1. The Bertz CT molecular complexity index is 999. The van der Waals surface area contributed by atoms with Crippen LogP contribution in [0, 0.1) is 0 Å². The Morgan fingerprint density at radius 2 is 1.76 bits per heavy atom. The van der Waals surface area contributed by atoms with Crippen LogP contribution in [0.2, 0.25) is 0 Å². The maximum absolute atomic E-state index is 12.1. The number of carbonyl (C=O) groups is 3. The van der Waals surface area contributed by atoms with Crippen molar-refractivity contribution in [2.24, 2.45) is 0 Å². The summed E-state index contributed by atoms with van der Waals surface area (Å²) in [6.07, 6.45) is 1.60. The molecule has 0 aliphatic rings. The summed E-state index contributed by atoms with van der Waals surface area (Å²) in [5.74, 6) is -1.01. The zero-order valence-corrected chi connectivity index (χ0v) is 15.7. The van der Waals surface area contributed by atoms with Crippen LogP contribution in [0.25, 0.3) is 5.69 Å². The van der Waals surface area contributed by atoms with Crippen LogP contribution < -0.4 is 10.6 Å². The number of hydrogen-bond acceptors (Lipinski definition) is 6. The number of amides is 2. The molecule has 0 spiro atoms. The summed E-state index contributed by atoms with van der Waals surface area (Å²) in [5, 5.41) is 13.1. The Kier molecular flexibility index (Phi) is 6.31. The number of nitrogens with one attached hydrogen (secondary N) is 2. The minimum Gasteiger partial charge on any atom is -0.464 e. The monoisotopic (exact) mass is 393 g/mol. The quantitative estimate of drug-likeness (QED) is 0.592. The largest absolute Gasteiger partial charge is 0.464 e. The van der Waals surface area contributed by atoms with E-state index in [2.05, 4.69) is 25.7 Å². The third-order valence-corrected chi connectivity index (χ3v) is 3.98. The lowest BCUT2D eigenvalue weighted by atomic mass is 10.2. The van der Waals surface area contributed by atoms with Gasteiger partial charge in [-0.2, -0.15) is 0 Å². The van der Waals surface area contributed by atoms with E-state index < -0.39 is 5.97 Å². The van der Waals surface area contributed by atoms with E-state index in [1.165, 1.54) is 18.0 Å². The Morgan fingerprint density at radius 1 is 1.03 bits per heavy atom. The van der Waals surface area contributed by atoms with Crippen molar-refractivity contribution in [2.45, 2.75) is 6.42 Å². The first-order valence-electron chi connectivity index (χ1n) is 8.81. The molecule has 0 atom stereocenters. The van der Waals surface area contributed by atoms with Crippen LogP contribution in [0.3, 0.4) is 0 Å². The minimum atomic E-state index is -0.570. The second-order valence-corrected chi connectivity index (χ2v) is 6.01. The SMILES string of the molecule is COC(=O)c1cn(-c2ccc(NC(=O)CCNC(=O)c3ccccc3)cc2)nn1. The molecule has 148 valence electrons. The smallest absolute Gasteiger partial charge is 0.360 e. The fourth-order valence-corrected chi connectivity index (χ4v) is 2.49. The summed E-state index contributed by atoms with van der Waals surface area (Å²) < 4.78 is 6.02. The van der Waals surface area contributed by atoms with Crippen LogP contribution in [-0.2, 0) is 9.53 Å². The van der Waals surface area contributed by atoms with Gasteiger partial charge in [-0.25, -0.2) is 9.48 Å². The Labute approximate surface area is 166 Å². The van der Waals surface area contributed by atoms with Crippen molar-refractivity contribution >= 4 is 23.5 Å². The maximum Gasteiger partial charge on any atom is 0.360 e. The van der Waals surface area contributed by atoms with Crippen LogP contribution in [0.5, 0.6) is 0 Å². The van der Waals surface area contributed by atoms with E-state index in [4.69, 9.17) is 0 Å². The average molecular weight is 393 g/mol. The van der Waals surface area contributed by atoms with Gasteiger partial charge >= 0.3 is 5.97 Å².